The molecule has 1 atom stereocenters. The Hall–Kier alpha value is -3.35. The molecule has 3 aromatic carbocycles. The fourth-order valence-corrected chi connectivity index (χ4v) is 3.73. The molecule has 1 heterocycles. The zero-order valence-corrected chi connectivity index (χ0v) is 17.7. The lowest BCUT2D eigenvalue weighted by Gasteiger charge is -2.36. The molecule has 0 radical (unpaired) electrons. The number of hydrogen-bond donors (Lipinski definition) is 2. The summed E-state index contributed by atoms with van der Waals surface area (Å²) in [6.45, 7) is 0. The highest BCUT2D eigenvalue weighted by Gasteiger charge is 2.38. The number of anilines is 3. The van der Waals surface area contributed by atoms with Crippen molar-refractivity contribution < 1.29 is 14.4 Å². The van der Waals surface area contributed by atoms with Crippen molar-refractivity contribution >= 4 is 58.0 Å². The quantitative estimate of drug-likeness (QED) is 0.583. The van der Waals surface area contributed by atoms with Gasteiger partial charge in [-0.15, -0.1) is 0 Å². The number of nitrogens with one attached hydrogen (secondary N) is 2. The molecule has 6 nitrogen and oxygen atoms in total. The first-order valence-corrected chi connectivity index (χ1v) is 10.2. The molecule has 2 N–H and O–H groups in total. The Kier molecular flexibility index (Phi) is 5.93. The van der Waals surface area contributed by atoms with Gasteiger partial charge in [0.15, 0.2) is 0 Å². The molecule has 0 spiro atoms. The average Bonchev–Trinajstić information content (AvgIpc) is 2.74. The summed E-state index contributed by atoms with van der Waals surface area (Å²) >= 11 is 11.9. The largest absolute Gasteiger partial charge is 0.326 e. The van der Waals surface area contributed by atoms with Gasteiger partial charge in [0.1, 0.15) is 6.04 Å². The summed E-state index contributed by atoms with van der Waals surface area (Å²) in [4.78, 5) is 40.3. The standard InChI is InChI=1S/C23H17Cl2N3O3/c24-15-10-8-14(9-11-15)23(31)28-19-7-2-1-6-18(19)27-22(30)20(28)13-21(29)26-17-5-3-4-16(25)12-17/h1-12,20H,13H2,(H,26,29)(H,27,30)/t20-/m0/s1. The lowest BCUT2D eigenvalue weighted by molar-refractivity contribution is -0.122. The highest BCUT2D eigenvalue weighted by Crippen LogP contribution is 2.34. The van der Waals surface area contributed by atoms with Crippen LogP contribution in [0.3, 0.4) is 0 Å². The van der Waals surface area contributed by atoms with Crippen molar-refractivity contribution in [2.75, 3.05) is 15.5 Å². The molecular weight excluding hydrogens is 437 g/mol. The molecule has 0 bridgehead atoms. The molecule has 31 heavy (non-hydrogen) atoms. The maximum atomic E-state index is 13.4. The summed E-state index contributed by atoms with van der Waals surface area (Å²) in [5.74, 6) is -1.27. The minimum Gasteiger partial charge on any atom is -0.326 e. The second-order valence-corrected chi connectivity index (χ2v) is 7.84. The Labute approximate surface area is 188 Å². The first-order valence-electron chi connectivity index (χ1n) is 9.47. The number of carbonyl (C=O) groups is 3. The van der Waals surface area contributed by atoms with Crippen LogP contribution in [0.25, 0.3) is 0 Å². The van der Waals surface area contributed by atoms with Crippen molar-refractivity contribution in [2.24, 2.45) is 0 Å². The molecule has 0 aromatic heterocycles. The van der Waals surface area contributed by atoms with Gasteiger partial charge >= 0.3 is 0 Å². The van der Waals surface area contributed by atoms with Crippen LogP contribution in [0.2, 0.25) is 10.0 Å². The molecule has 0 aliphatic carbocycles. The lowest BCUT2D eigenvalue weighted by Crippen LogP contribution is -2.52. The number of rotatable bonds is 4. The van der Waals surface area contributed by atoms with Crippen molar-refractivity contribution in [3.8, 4) is 0 Å². The third-order valence-electron chi connectivity index (χ3n) is 4.83. The van der Waals surface area contributed by atoms with Crippen LogP contribution in [-0.4, -0.2) is 23.8 Å². The highest BCUT2D eigenvalue weighted by atomic mass is 35.5. The van der Waals surface area contributed by atoms with Crippen LogP contribution in [0.5, 0.6) is 0 Å². The van der Waals surface area contributed by atoms with Crippen LogP contribution in [-0.2, 0) is 9.59 Å². The van der Waals surface area contributed by atoms with Crippen LogP contribution in [0.4, 0.5) is 17.1 Å². The van der Waals surface area contributed by atoms with Crippen molar-refractivity contribution in [2.45, 2.75) is 12.5 Å². The van der Waals surface area contributed by atoms with Crippen LogP contribution in [0.15, 0.2) is 72.8 Å². The van der Waals surface area contributed by atoms with Crippen LogP contribution >= 0.6 is 23.2 Å². The Morgan fingerprint density at radius 3 is 2.42 bits per heavy atom. The number of halogens is 2. The number of fused-ring (bicyclic) bond motifs is 1. The Bertz CT molecular complexity index is 1160. The fraction of sp³-hybridized carbons (Fsp3) is 0.0870. The van der Waals surface area contributed by atoms with E-state index in [-0.39, 0.29) is 6.42 Å². The van der Waals surface area contributed by atoms with Gasteiger partial charge in [-0.1, -0.05) is 41.4 Å². The predicted octanol–water partition coefficient (Wildman–Crippen LogP) is 4.99. The van der Waals surface area contributed by atoms with Crippen molar-refractivity contribution in [1.29, 1.82) is 0 Å². The second kappa shape index (κ2) is 8.79. The Morgan fingerprint density at radius 2 is 1.68 bits per heavy atom. The maximum Gasteiger partial charge on any atom is 0.259 e. The molecule has 3 amide bonds. The van der Waals surface area contributed by atoms with Gasteiger partial charge < -0.3 is 10.6 Å². The maximum absolute atomic E-state index is 13.4. The van der Waals surface area contributed by atoms with Crippen molar-refractivity contribution in [3.63, 3.8) is 0 Å². The summed E-state index contributed by atoms with van der Waals surface area (Å²) in [7, 11) is 0. The summed E-state index contributed by atoms with van der Waals surface area (Å²) in [6.07, 6.45) is -0.230. The smallest absolute Gasteiger partial charge is 0.259 e. The third kappa shape index (κ3) is 4.55. The molecule has 1 aliphatic rings. The minimum atomic E-state index is -1.03. The van der Waals surface area contributed by atoms with E-state index >= 15 is 0 Å². The van der Waals surface area contributed by atoms with Gasteiger partial charge in [-0.2, -0.15) is 0 Å². The average molecular weight is 454 g/mol. The molecule has 156 valence electrons. The van der Waals surface area contributed by atoms with E-state index in [1.165, 1.54) is 4.90 Å². The summed E-state index contributed by atoms with van der Waals surface area (Å²) < 4.78 is 0. The van der Waals surface area contributed by atoms with Crippen LogP contribution in [0, 0.1) is 0 Å². The number of benzene rings is 3. The summed E-state index contributed by atoms with van der Waals surface area (Å²) in [6, 6.07) is 19.0. The Balaban J connectivity index is 1.65. The summed E-state index contributed by atoms with van der Waals surface area (Å²) in [5.41, 5.74) is 1.88. The topological polar surface area (TPSA) is 78.5 Å². The van der Waals surface area contributed by atoms with Gasteiger partial charge in [-0.05, 0) is 54.6 Å². The number of nitrogens with zero attached hydrogens (tertiary/aromatic N) is 1. The molecule has 0 unspecified atom stereocenters. The molecule has 0 fully saturated rings. The fourth-order valence-electron chi connectivity index (χ4n) is 3.41. The van der Waals surface area contributed by atoms with Crippen LogP contribution < -0.4 is 15.5 Å². The van der Waals surface area contributed by atoms with Gasteiger partial charge in [-0.25, -0.2) is 0 Å². The zero-order valence-electron chi connectivity index (χ0n) is 16.1. The van der Waals surface area contributed by atoms with E-state index in [0.717, 1.165) is 0 Å². The highest BCUT2D eigenvalue weighted by molar-refractivity contribution is 6.31. The van der Waals surface area contributed by atoms with E-state index in [2.05, 4.69) is 10.6 Å². The number of carbonyl (C=O) groups excluding carboxylic acids is 3. The van der Waals surface area contributed by atoms with E-state index in [4.69, 9.17) is 23.2 Å². The molecule has 4 rings (SSSR count). The number of para-hydroxylation sites is 2. The molecule has 0 saturated heterocycles. The third-order valence-corrected chi connectivity index (χ3v) is 5.32. The molecule has 1 aliphatic heterocycles. The normalized spacial score (nSPS) is 15.1. The molecular formula is C23H17Cl2N3O3. The second-order valence-electron chi connectivity index (χ2n) is 6.97. The molecule has 3 aromatic rings. The molecule has 8 heteroatoms. The van der Waals surface area contributed by atoms with Gasteiger partial charge in [0, 0.05) is 21.3 Å². The van der Waals surface area contributed by atoms with Crippen LogP contribution in [0.1, 0.15) is 16.8 Å². The van der Waals surface area contributed by atoms with Gasteiger partial charge in [-0.3, -0.25) is 19.3 Å². The molecule has 0 saturated carbocycles. The zero-order chi connectivity index (χ0) is 22.0. The number of amides is 3. The first kappa shape index (κ1) is 20.9. The van der Waals surface area contributed by atoms with E-state index in [1.54, 1.807) is 72.8 Å². The van der Waals surface area contributed by atoms with Gasteiger partial charge in [0.25, 0.3) is 5.91 Å². The van der Waals surface area contributed by atoms with Crippen molar-refractivity contribution in [3.05, 3.63) is 88.4 Å². The minimum absolute atomic E-state index is 0.230. The first-order chi connectivity index (χ1) is 14.9. The summed E-state index contributed by atoms with van der Waals surface area (Å²) in [5, 5.41) is 6.47. The van der Waals surface area contributed by atoms with E-state index in [0.29, 0.717) is 32.7 Å². The predicted molar refractivity (Wildman–Crippen MR) is 122 cm³/mol. The SMILES string of the molecule is O=C(C[C@H]1C(=O)Nc2ccccc2N1C(=O)c1ccc(Cl)cc1)Nc1cccc(Cl)c1. The lowest BCUT2D eigenvalue weighted by atomic mass is 10.0. The van der Waals surface area contributed by atoms with Gasteiger partial charge in [0.05, 0.1) is 17.8 Å². The van der Waals surface area contributed by atoms with E-state index in [1.807, 2.05) is 0 Å². The Morgan fingerprint density at radius 1 is 0.935 bits per heavy atom. The van der Waals surface area contributed by atoms with E-state index < -0.39 is 23.8 Å². The number of hydrogen-bond acceptors (Lipinski definition) is 3. The van der Waals surface area contributed by atoms with Gasteiger partial charge in [0.2, 0.25) is 11.8 Å². The van der Waals surface area contributed by atoms with Crippen molar-refractivity contribution in [1.82, 2.24) is 0 Å². The van der Waals surface area contributed by atoms with E-state index in [9.17, 15) is 14.4 Å². The monoisotopic (exact) mass is 453 g/mol.